The van der Waals surface area contributed by atoms with Crippen LogP contribution in [0.2, 0.25) is 0 Å². The second-order valence-corrected chi connectivity index (χ2v) is 3.15. The number of aromatic nitrogens is 1. The SMILES string of the molecule is COc1ccccc1-c1nc(C#N)c(NN)o1. The Hall–Kier alpha value is -2.52. The Labute approximate surface area is 97.6 Å². The fourth-order valence-corrected chi connectivity index (χ4v) is 1.43. The summed E-state index contributed by atoms with van der Waals surface area (Å²) in [5.41, 5.74) is 3.05. The molecule has 2 rings (SSSR count). The van der Waals surface area contributed by atoms with Crippen LogP contribution in [0.3, 0.4) is 0 Å². The maximum atomic E-state index is 8.84. The molecule has 0 radical (unpaired) electrons. The zero-order valence-electron chi connectivity index (χ0n) is 9.10. The van der Waals surface area contributed by atoms with Crippen molar-refractivity contribution in [1.29, 1.82) is 5.26 Å². The van der Waals surface area contributed by atoms with E-state index in [-0.39, 0.29) is 17.5 Å². The lowest BCUT2D eigenvalue weighted by atomic mass is 10.2. The summed E-state index contributed by atoms with van der Waals surface area (Å²) in [5, 5.41) is 8.84. The molecule has 3 N–H and O–H groups in total. The van der Waals surface area contributed by atoms with Gasteiger partial charge in [-0.2, -0.15) is 10.2 Å². The van der Waals surface area contributed by atoms with E-state index in [1.807, 2.05) is 18.2 Å². The number of para-hydroxylation sites is 1. The number of methoxy groups -OCH3 is 1. The van der Waals surface area contributed by atoms with E-state index in [2.05, 4.69) is 10.4 Å². The van der Waals surface area contributed by atoms with E-state index in [9.17, 15) is 0 Å². The van der Waals surface area contributed by atoms with Gasteiger partial charge >= 0.3 is 0 Å². The first-order valence-corrected chi connectivity index (χ1v) is 4.81. The molecule has 1 aromatic heterocycles. The summed E-state index contributed by atoms with van der Waals surface area (Å²) < 4.78 is 10.5. The summed E-state index contributed by atoms with van der Waals surface area (Å²) in [6.07, 6.45) is 0. The Bertz CT molecular complexity index is 571. The summed E-state index contributed by atoms with van der Waals surface area (Å²) in [7, 11) is 1.55. The predicted molar refractivity (Wildman–Crippen MR) is 61.0 cm³/mol. The zero-order valence-corrected chi connectivity index (χ0v) is 9.10. The Morgan fingerprint density at radius 1 is 1.47 bits per heavy atom. The molecular formula is C11H10N4O2. The standard InChI is InChI=1S/C11H10N4O2/c1-16-9-5-3-2-4-7(9)10-14-8(6-12)11(15-13)17-10/h2-5,15H,13H2,1H3. The van der Waals surface area contributed by atoms with Crippen LogP contribution in [-0.4, -0.2) is 12.1 Å². The van der Waals surface area contributed by atoms with Crippen molar-refractivity contribution < 1.29 is 9.15 Å². The average molecular weight is 230 g/mol. The Morgan fingerprint density at radius 2 is 2.24 bits per heavy atom. The minimum Gasteiger partial charge on any atom is -0.496 e. The van der Waals surface area contributed by atoms with E-state index in [0.717, 1.165) is 0 Å². The normalized spacial score (nSPS) is 9.71. The molecule has 1 aromatic carbocycles. The topological polar surface area (TPSA) is 97.1 Å². The molecule has 6 nitrogen and oxygen atoms in total. The molecule has 0 amide bonds. The van der Waals surface area contributed by atoms with Crippen LogP contribution < -0.4 is 16.0 Å². The second-order valence-electron chi connectivity index (χ2n) is 3.15. The molecule has 1 heterocycles. The lowest BCUT2D eigenvalue weighted by molar-refractivity contribution is 0.414. The van der Waals surface area contributed by atoms with Gasteiger partial charge < -0.3 is 9.15 Å². The van der Waals surface area contributed by atoms with Crippen LogP contribution in [0.1, 0.15) is 5.69 Å². The van der Waals surface area contributed by atoms with Crippen LogP contribution in [0.5, 0.6) is 5.75 Å². The van der Waals surface area contributed by atoms with Crippen LogP contribution in [0.15, 0.2) is 28.7 Å². The van der Waals surface area contributed by atoms with Crippen molar-refractivity contribution in [2.75, 3.05) is 12.5 Å². The van der Waals surface area contributed by atoms with Gasteiger partial charge in [-0.3, -0.25) is 5.43 Å². The van der Waals surface area contributed by atoms with E-state index in [1.165, 1.54) is 0 Å². The maximum Gasteiger partial charge on any atom is 0.246 e. The number of oxazole rings is 1. The van der Waals surface area contributed by atoms with Gasteiger partial charge in [0.15, 0.2) is 0 Å². The fraction of sp³-hybridized carbons (Fsp3) is 0.0909. The molecule has 0 atom stereocenters. The van der Waals surface area contributed by atoms with E-state index >= 15 is 0 Å². The minimum absolute atomic E-state index is 0.105. The minimum atomic E-state index is 0.105. The first kappa shape index (κ1) is 11.0. The van der Waals surface area contributed by atoms with Gasteiger partial charge in [0.25, 0.3) is 0 Å². The van der Waals surface area contributed by atoms with E-state index in [0.29, 0.717) is 11.3 Å². The van der Waals surface area contributed by atoms with E-state index < -0.39 is 0 Å². The molecule has 86 valence electrons. The van der Waals surface area contributed by atoms with Crippen LogP contribution in [0.4, 0.5) is 5.88 Å². The van der Waals surface area contributed by atoms with Gasteiger partial charge in [0.2, 0.25) is 17.5 Å². The third-order valence-electron chi connectivity index (χ3n) is 2.20. The quantitative estimate of drug-likeness (QED) is 0.612. The summed E-state index contributed by atoms with van der Waals surface area (Å²) in [5.74, 6) is 6.25. The molecule has 0 unspecified atom stereocenters. The van der Waals surface area contributed by atoms with Gasteiger partial charge in [-0.15, -0.1) is 0 Å². The smallest absolute Gasteiger partial charge is 0.246 e. The number of nitrogens with one attached hydrogen (secondary N) is 1. The molecular weight excluding hydrogens is 220 g/mol. The third kappa shape index (κ3) is 1.91. The number of nitrogen functional groups attached to an aromatic ring is 1. The molecule has 0 saturated heterocycles. The molecule has 6 heteroatoms. The number of ether oxygens (including phenoxy) is 1. The molecule has 17 heavy (non-hydrogen) atoms. The third-order valence-corrected chi connectivity index (χ3v) is 2.20. The molecule has 0 bridgehead atoms. The fourth-order valence-electron chi connectivity index (χ4n) is 1.43. The molecule has 0 fully saturated rings. The number of anilines is 1. The number of hydrogen-bond acceptors (Lipinski definition) is 6. The highest BCUT2D eigenvalue weighted by Crippen LogP contribution is 2.31. The number of rotatable bonds is 3. The first-order valence-electron chi connectivity index (χ1n) is 4.81. The molecule has 0 aliphatic carbocycles. The average Bonchev–Trinajstić information content (AvgIpc) is 2.81. The second kappa shape index (κ2) is 4.55. The molecule has 0 aliphatic heterocycles. The van der Waals surface area contributed by atoms with Gasteiger partial charge in [-0.1, -0.05) is 12.1 Å². The summed E-state index contributed by atoms with van der Waals surface area (Å²) >= 11 is 0. The largest absolute Gasteiger partial charge is 0.496 e. The Kier molecular flexibility index (Phi) is 2.94. The predicted octanol–water partition coefficient (Wildman–Crippen LogP) is 1.51. The lowest BCUT2D eigenvalue weighted by Gasteiger charge is -2.03. The maximum absolute atomic E-state index is 8.84. The van der Waals surface area contributed by atoms with Gasteiger partial charge in [-0.05, 0) is 12.1 Å². The highest BCUT2D eigenvalue weighted by molar-refractivity contribution is 5.65. The Morgan fingerprint density at radius 3 is 2.82 bits per heavy atom. The number of nitriles is 1. The van der Waals surface area contributed by atoms with Crippen LogP contribution in [-0.2, 0) is 0 Å². The van der Waals surface area contributed by atoms with Gasteiger partial charge in [0, 0.05) is 0 Å². The van der Waals surface area contributed by atoms with E-state index in [1.54, 1.807) is 19.2 Å². The number of nitrogens with two attached hydrogens (primary N) is 1. The first-order chi connectivity index (χ1) is 8.30. The van der Waals surface area contributed by atoms with Crippen molar-refractivity contribution >= 4 is 5.88 Å². The molecule has 0 saturated carbocycles. The van der Waals surface area contributed by atoms with Crippen molar-refractivity contribution in [3.63, 3.8) is 0 Å². The van der Waals surface area contributed by atoms with Crippen LogP contribution in [0.25, 0.3) is 11.5 Å². The monoisotopic (exact) mass is 230 g/mol. The van der Waals surface area contributed by atoms with Crippen molar-refractivity contribution in [2.45, 2.75) is 0 Å². The zero-order chi connectivity index (χ0) is 12.3. The van der Waals surface area contributed by atoms with Crippen molar-refractivity contribution in [3.8, 4) is 23.3 Å². The molecule has 2 aromatic rings. The van der Waals surface area contributed by atoms with Crippen LogP contribution >= 0.6 is 0 Å². The van der Waals surface area contributed by atoms with Crippen molar-refractivity contribution in [3.05, 3.63) is 30.0 Å². The highest BCUT2D eigenvalue weighted by atomic mass is 16.5. The van der Waals surface area contributed by atoms with Gasteiger partial charge in [-0.25, -0.2) is 5.84 Å². The number of hydrogen-bond donors (Lipinski definition) is 2. The van der Waals surface area contributed by atoms with Crippen LogP contribution in [0, 0.1) is 11.3 Å². The van der Waals surface area contributed by atoms with Crippen molar-refractivity contribution in [2.24, 2.45) is 5.84 Å². The Balaban J connectivity index is 2.54. The number of benzene rings is 1. The highest BCUT2D eigenvalue weighted by Gasteiger charge is 2.16. The molecule has 0 spiro atoms. The van der Waals surface area contributed by atoms with Gasteiger partial charge in [0.05, 0.1) is 12.7 Å². The van der Waals surface area contributed by atoms with E-state index in [4.69, 9.17) is 20.3 Å². The number of nitrogens with zero attached hydrogens (tertiary/aromatic N) is 2. The number of hydrazine groups is 1. The van der Waals surface area contributed by atoms with Crippen molar-refractivity contribution in [1.82, 2.24) is 4.98 Å². The summed E-state index contributed by atoms with van der Waals surface area (Å²) in [4.78, 5) is 4.03. The van der Waals surface area contributed by atoms with Gasteiger partial charge in [0.1, 0.15) is 11.8 Å². The summed E-state index contributed by atoms with van der Waals surface area (Å²) in [6, 6.07) is 9.10. The summed E-state index contributed by atoms with van der Waals surface area (Å²) in [6.45, 7) is 0. The lowest BCUT2D eigenvalue weighted by Crippen LogP contribution is -2.06. The molecule has 0 aliphatic rings.